The molecule has 2 saturated heterocycles. The third kappa shape index (κ3) is 4.69. The number of piperidine rings is 2. The predicted octanol–water partition coefficient (Wildman–Crippen LogP) is 2.44. The Balaban J connectivity index is 1.89. The van der Waals surface area contributed by atoms with Gasteiger partial charge in [0.1, 0.15) is 5.60 Å². The highest BCUT2D eigenvalue weighted by Crippen LogP contribution is 2.26. The topological polar surface area (TPSA) is 49.9 Å². The van der Waals surface area contributed by atoms with Gasteiger partial charge in [-0.2, -0.15) is 0 Å². The number of amides is 1. The van der Waals surface area contributed by atoms with Gasteiger partial charge in [0, 0.05) is 12.6 Å². The lowest BCUT2D eigenvalue weighted by Gasteiger charge is -2.42. The van der Waals surface area contributed by atoms with Crippen molar-refractivity contribution in [3.8, 4) is 0 Å². The molecule has 2 aliphatic rings. The van der Waals surface area contributed by atoms with E-state index in [4.69, 9.17) is 4.74 Å². The zero-order chi connectivity index (χ0) is 17.2. The second kappa shape index (κ2) is 7.20. The molecule has 2 aliphatic heterocycles. The molecular formula is C18H32N2O3. The van der Waals surface area contributed by atoms with Crippen molar-refractivity contribution in [1.82, 2.24) is 9.80 Å². The van der Waals surface area contributed by atoms with Crippen LogP contribution in [-0.4, -0.2) is 59.0 Å². The van der Waals surface area contributed by atoms with Crippen molar-refractivity contribution in [2.45, 2.75) is 78.0 Å². The molecule has 1 amide bonds. The van der Waals surface area contributed by atoms with Gasteiger partial charge in [-0.25, -0.2) is 0 Å². The first-order valence-corrected chi connectivity index (χ1v) is 8.96. The van der Waals surface area contributed by atoms with Crippen LogP contribution in [0.3, 0.4) is 0 Å². The Labute approximate surface area is 140 Å². The first-order valence-electron chi connectivity index (χ1n) is 8.96. The summed E-state index contributed by atoms with van der Waals surface area (Å²) in [4.78, 5) is 29.1. The summed E-state index contributed by atoms with van der Waals surface area (Å²) in [6, 6.07) is 0.273. The van der Waals surface area contributed by atoms with Crippen LogP contribution in [0.2, 0.25) is 0 Å². The van der Waals surface area contributed by atoms with Gasteiger partial charge >= 0.3 is 5.97 Å². The van der Waals surface area contributed by atoms with E-state index in [2.05, 4.69) is 18.7 Å². The van der Waals surface area contributed by atoms with Crippen LogP contribution in [0.25, 0.3) is 0 Å². The maximum Gasteiger partial charge on any atom is 0.309 e. The van der Waals surface area contributed by atoms with Crippen LogP contribution in [0.15, 0.2) is 0 Å². The summed E-state index contributed by atoms with van der Waals surface area (Å²) in [6.07, 6.45) is 3.60. The number of carbonyl (C=O) groups is 2. The molecule has 23 heavy (non-hydrogen) atoms. The molecule has 0 radical (unpaired) electrons. The van der Waals surface area contributed by atoms with Gasteiger partial charge in [-0.15, -0.1) is 0 Å². The summed E-state index contributed by atoms with van der Waals surface area (Å²) >= 11 is 0. The number of nitrogens with zero attached hydrogens (tertiary/aromatic N) is 2. The van der Waals surface area contributed by atoms with Gasteiger partial charge in [0.15, 0.2) is 0 Å². The minimum atomic E-state index is -0.425. The van der Waals surface area contributed by atoms with E-state index in [0.717, 1.165) is 45.3 Å². The summed E-state index contributed by atoms with van der Waals surface area (Å²) in [5, 5.41) is 0. The van der Waals surface area contributed by atoms with Crippen molar-refractivity contribution in [3.05, 3.63) is 0 Å². The highest BCUT2D eigenvalue weighted by atomic mass is 16.6. The molecule has 0 saturated carbocycles. The smallest absolute Gasteiger partial charge is 0.309 e. The summed E-state index contributed by atoms with van der Waals surface area (Å²) in [5.74, 6) is 0.156. The number of rotatable bonds is 3. The number of likely N-dealkylation sites (tertiary alicyclic amines) is 2. The molecule has 0 aromatic rings. The highest BCUT2D eigenvalue weighted by molar-refractivity contribution is 5.83. The van der Waals surface area contributed by atoms with E-state index in [-0.39, 0.29) is 29.9 Å². The molecule has 0 aromatic carbocycles. The third-order valence-corrected chi connectivity index (χ3v) is 4.78. The fourth-order valence-electron chi connectivity index (χ4n) is 3.56. The minimum Gasteiger partial charge on any atom is -0.460 e. The molecule has 5 heteroatoms. The Morgan fingerprint density at radius 1 is 1.13 bits per heavy atom. The van der Waals surface area contributed by atoms with E-state index in [9.17, 15) is 9.59 Å². The maximum atomic E-state index is 12.7. The molecule has 0 aromatic heterocycles. The lowest BCUT2D eigenvalue weighted by molar-refractivity contribution is -0.162. The lowest BCUT2D eigenvalue weighted by Crippen LogP contribution is -2.56. The van der Waals surface area contributed by atoms with Crippen molar-refractivity contribution in [1.29, 1.82) is 0 Å². The number of esters is 1. The molecule has 0 spiro atoms. The first-order chi connectivity index (χ1) is 10.7. The Bertz CT molecular complexity index is 434. The molecule has 0 unspecified atom stereocenters. The third-order valence-electron chi connectivity index (χ3n) is 4.78. The van der Waals surface area contributed by atoms with Crippen LogP contribution in [0.4, 0.5) is 0 Å². The Hall–Kier alpha value is -1.10. The number of hydrogen-bond acceptors (Lipinski definition) is 4. The zero-order valence-corrected chi connectivity index (χ0v) is 15.3. The minimum absolute atomic E-state index is 0.00531. The first kappa shape index (κ1) is 18.2. The number of ether oxygens (including phenoxy) is 1. The van der Waals surface area contributed by atoms with Crippen molar-refractivity contribution in [2.24, 2.45) is 5.92 Å². The van der Waals surface area contributed by atoms with E-state index < -0.39 is 5.60 Å². The Kier molecular flexibility index (Phi) is 5.71. The maximum absolute atomic E-state index is 12.7. The molecule has 2 heterocycles. The van der Waals surface area contributed by atoms with Crippen LogP contribution in [0, 0.1) is 5.92 Å². The standard InChI is InChI=1S/C18H32N2O3/c1-13(2)20-10-6-7-15(16(20)21)19-11-8-14(9-12-19)17(22)23-18(3,4)5/h13-15H,6-12H2,1-5H3/t15-/m0/s1. The van der Waals surface area contributed by atoms with Gasteiger partial charge in [0.25, 0.3) is 0 Å². The average Bonchev–Trinajstić information content (AvgIpc) is 2.45. The number of carbonyl (C=O) groups excluding carboxylic acids is 2. The summed E-state index contributed by atoms with van der Waals surface area (Å²) in [7, 11) is 0. The van der Waals surface area contributed by atoms with Crippen molar-refractivity contribution >= 4 is 11.9 Å². The van der Waals surface area contributed by atoms with E-state index in [1.165, 1.54) is 0 Å². The van der Waals surface area contributed by atoms with E-state index in [0.29, 0.717) is 0 Å². The van der Waals surface area contributed by atoms with Gasteiger partial charge in [-0.05, 0) is 73.4 Å². The second-order valence-corrected chi connectivity index (χ2v) is 8.13. The fourth-order valence-corrected chi connectivity index (χ4v) is 3.56. The summed E-state index contributed by atoms with van der Waals surface area (Å²) in [6.45, 7) is 12.4. The zero-order valence-electron chi connectivity index (χ0n) is 15.3. The molecule has 1 atom stereocenters. The van der Waals surface area contributed by atoms with E-state index >= 15 is 0 Å². The normalized spacial score (nSPS) is 25.0. The van der Waals surface area contributed by atoms with Crippen molar-refractivity contribution in [2.75, 3.05) is 19.6 Å². The van der Waals surface area contributed by atoms with Crippen LogP contribution < -0.4 is 0 Å². The van der Waals surface area contributed by atoms with Crippen LogP contribution in [0.1, 0.15) is 60.3 Å². The number of hydrogen-bond donors (Lipinski definition) is 0. The Morgan fingerprint density at radius 3 is 2.26 bits per heavy atom. The van der Waals surface area contributed by atoms with Gasteiger partial charge in [0.05, 0.1) is 12.0 Å². The quantitative estimate of drug-likeness (QED) is 0.748. The van der Waals surface area contributed by atoms with Crippen molar-refractivity contribution < 1.29 is 14.3 Å². The molecule has 0 N–H and O–H groups in total. The molecule has 5 nitrogen and oxygen atoms in total. The van der Waals surface area contributed by atoms with Crippen LogP contribution in [0.5, 0.6) is 0 Å². The van der Waals surface area contributed by atoms with Gasteiger partial charge in [-0.1, -0.05) is 0 Å². The van der Waals surface area contributed by atoms with Gasteiger partial charge in [0.2, 0.25) is 5.91 Å². The average molecular weight is 324 g/mol. The summed E-state index contributed by atoms with van der Waals surface area (Å²) < 4.78 is 5.49. The van der Waals surface area contributed by atoms with E-state index in [1.807, 2.05) is 25.7 Å². The fraction of sp³-hybridized carbons (Fsp3) is 0.889. The monoisotopic (exact) mass is 324 g/mol. The van der Waals surface area contributed by atoms with Gasteiger partial charge < -0.3 is 9.64 Å². The highest BCUT2D eigenvalue weighted by Gasteiger charge is 2.37. The second-order valence-electron chi connectivity index (χ2n) is 8.13. The molecule has 2 rings (SSSR count). The molecule has 2 fully saturated rings. The van der Waals surface area contributed by atoms with E-state index in [1.54, 1.807) is 0 Å². The molecule has 132 valence electrons. The van der Waals surface area contributed by atoms with Crippen LogP contribution >= 0.6 is 0 Å². The molecule has 0 aliphatic carbocycles. The summed E-state index contributed by atoms with van der Waals surface area (Å²) in [5.41, 5.74) is -0.425. The molecular weight excluding hydrogens is 292 g/mol. The van der Waals surface area contributed by atoms with Crippen molar-refractivity contribution in [3.63, 3.8) is 0 Å². The largest absolute Gasteiger partial charge is 0.460 e. The lowest BCUT2D eigenvalue weighted by atomic mass is 9.93. The Morgan fingerprint density at radius 2 is 1.74 bits per heavy atom. The SMILES string of the molecule is CC(C)N1CCC[C@H](N2CCC(C(=O)OC(C)(C)C)CC2)C1=O. The molecule has 0 bridgehead atoms. The van der Waals surface area contributed by atoms with Gasteiger partial charge in [-0.3, -0.25) is 14.5 Å². The van der Waals surface area contributed by atoms with Crippen LogP contribution in [-0.2, 0) is 14.3 Å². The predicted molar refractivity (Wildman–Crippen MR) is 90.0 cm³/mol.